The summed E-state index contributed by atoms with van der Waals surface area (Å²) in [7, 11) is 1.51. The van der Waals surface area contributed by atoms with Crippen molar-refractivity contribution < 1.29 is 14.3 Å². The van der Waals surface area contributed by atoms with E-state index in [2.05, 4.69) is 43.8 Å². The Morgan fingerprint density at radius 3 is 2.73 bits per heavy atom. The first-order valence-corrected chi connectivity index (χ1v) is 10.3. The number of carbonyl (C=O) groups is 2. The van der Waals surface area contributed by atoms with Crippen LogP contribution < -0.4 is 0 Å². The van der Waals surface area contributed by atoms with E-state index in [0.29, 0.717) is 32.6 Å². The molecule has 1 unspecified atom stereocenters. The molecule has 1 fully saturated rings. The average Bonchev–Trinajstić information content (AvgIpc) is 2.89. The fraction of sp³-hybridized carbons (Fsp3) is 0.360. The molecule has 0 N–H and O–H groups in total. The summed E-state index contributed by atoms with van der Waals surface area (Å²) in [6.45, 7) is 7.83. The Morgan fingerprint density at radius 1 is 1.20 bits per heavy atom. The highest BCUT2D eigenvalue weighted by atomic mass is 16.5. The van der Waals surface area contributed by atoms with Crippen molar-refractivity contribution in [3.63, 3.8) is 0 Å². The maximum Gasteiger partial charge on any atom is 0.248 e. The smallest absolute Gasteiger partial charge is 0.248 e. The SMILES string of the molecule is C=CCN1CCN(C(=O)COC)CC(Cc2cccc(-c3ccccc3C)c2)C1=O. The third-order valence-electron chi connectivity index (χ3n) is 5.58. The van der Waals surface area contributed by atoms with Crippen molar-refractivity contribution in [2.45, 2.75) is 13.3 Å². The molecule has 0 aliphatic carbocycles. The molecule has 158 valence electrons. The van der Waals surface area contributed by atoms with E-state index in [4.69, 9.17) is 4.74 Å². The van der Waals surface area contributed by atoms with E-state index in [9.17, 15) is 9.59 Å². The van der Waals surface area contributed by atoms with Gasteiger partial charge in [0.25, 0.3) is 0 Å². The van der Waals surface area contributed by atoms with E-state index < -0.39 is 0 Å². The Morgan fingerprint density at radius 2 is 2.00 bits per heavy atom. The van der Waals surface area contributed by atoms with Gasteiger partial charge in [0.15, 0.2) is 0 Å². The minimum atomic E-state index is -0.291. The molecule has 1 heterocycles. The van der Waals surface area contributed by atoms with Crippen molar-refractivity contribution in [3.8, 4) is 11.1 Å². The molecule has 30 heavy (non-hydrogen) atoms. The van der Waals surface area contributed by atoms with E-state index in [1.54, 1.807) is 15.9 Å². The number of methoxy groups -OCH3 is 1. The van der Waals surface area contributed by atoms with Gasteiger partial charge in [-0.15, -0.1) is 6.58 Å². The molecule has 2 aromatic carbocycles. The van der Waals surface area contributed by atoms with Gasteiger partial charge in [0.05, 0.1) is 5.92 Å². The molecule has 0 radical (unpaired) electrons. The zero-order valence-corrected chi connectivity index (χ0v) is 17.8. The van der Waals surface area contributed by atoms with Gasteiger partial charge in [-0.3, -0.25) is 9.59 Å². The van der Waals surface area contributed by atoms with E-state index in [1.165, 1.54) is 18.2 Å². The molecule has 1 atom stereocenters. The van der Waals surface area contributed by atoms with Gasteiger partial charge in [-0.2, -0.15) is 0 Å². The van der Waals surface area contributed by atoms with Crippen molar-refractivity contribution in [1.82, 2.24) is 9.80 Å². The van der Waals surface area contributed by atoms with Gasteiger partial charge < -0.3 is 14.5 Å². The predicted molar refractivity (Wildman–Crippen MR) is 119 cm³/mol. The molecule has 1 saturated heterocycles. The van der Waals surface area contributed by atoms with E-state index in [-0.39, 0.29) is 24.3 Å². The zero-order valence-electron chi connectivity index (χ0n) is 17.8. The van der Waals surface area contributed by atoms with Crippen molar-refractivity contribution >= 4 is 11.8 Å². The van der Waals surface area contributed by atoms with Crippen LogP contribution in [-0.4, -0.2) is 61.5 Å². The molecular formula is C25H30N2O3. The third kappa shape index (κ3) is 5.16. The average molecular weight is 407 g/mol. The number of hydrogen-bond acceptors (Lipinski definition) is 3. The van der Waals surface area contributed by atoms with E-state index >= 15 is 0 Å². The van der Waals surface area contributed by atoms with Crippen LogP contribution in [0.15, 0.2) is 61.2 Å². The highest BCUT2D eigenvalue weighted by Gasteiger charge is 2.31. The van der Waals surface area contributed by atoms with Gasteiger partial charge in [-0.1, -0.05) is 54.6 Å². The standard InChI is InChI=1S/C25H30N2O3/c1-4-12-26-13-14-27(24(28)18-30-3)17-22(25(26)29)16-20-9-7-10-21(15-20)23-11-6-5-8-19(23)2/h4-11,15,22H,1,12-14,16-18H2,2-3H3. The van der Waals surface area contributed by atoms with Crippen molar-refractivity contribution in [2.24, 2.45) is 5.92 Å². The highest BCUT2D eigenvalue weighted by Crippen LogP contribution is 2.26. The molecule has 2 aromatic rings. The van der Waals surface area contributed by atoms with Crippen LogP contribution in [0.25, 0.3) is 11.1 Å². The van der Waals surface area contributed by atoms with Crippen LogP contribution in [0.1, 0.15) is 11.1 Å². The lowest BCUT2D eigenvalue weighted by molar-refractivity contribution is -0.136. The van der Waals surface area contributed by atoms with Crippen LogP contribution in [0.2, 0.25) is 0 Å². The van der Waals surface area contributed by atoms with Crippen LogP contribution in [0.5, 0.6) is 0 Å². The fourth-order valence-corrected chi connectivity index (χ4v) is 4.02. The monoisotopic (exact) mass is 406 g/mol. The maximum absolute atomic E-state index is 13.2. The second-order valence-electron chi connectivity index (χ2n) is 7.76. The molecule has 3 rings (SSSR count). The topological polar surface area (TPSA) is 49.9 Å². The van der Waals surface area contributed by atoms with Crippen LogP contribution >= 0.6 is 0 Å². The molecule has 1 aliphatic rings. The summed E-state index contributed by atoms with van der Waals surface area (Å²) in [5.41, 5.74) is 4.64. The van der Waals surface area contributed by atoms with Crippen LogP contribution in [0, 0.1) is 12.8 Å². The second kappa shape index (κ2) is 10.2. The minimum absolute atomic E-state index is 0.0329. The first-order chi connectivity index (χ1) is 14.5. The van der Waals surface area contributed by atoms with Gasteiger partial charge in [-0.25, -0.2) is 0 Å². The molecule has 0 bridgehead atoms. The third-order valence-corrected chi connectivity index (χ3v) is 5.58. The van der Waals surface area contributed by atoms with Crippen molar-refractivity contribution in [3.05, 3.63) is 72.3 Å². The van der Waals surface area contributed by atoms with Crippen molar-refractivity contribution in [2.75, 3.05) is 39.9 Å². The Kier molecular flexibility index (Phi) is 7.41. The highest BCUT2D eigenvalue weighted by molar-refractivity contribution is 5.83. The zero-order chi connectivity index (χ0) is 21.5. The van der Waals surface area contributed by atoms with E-state index in [1.807, 2.05) is 18.2 Å². The lowest BCUT2D eigenvalue weighted by Crippen LogP contribution is -2.39. The van der Waals surface area contributed by atoms with Gasteiger partial charge in [-0.05, 0) is 35.6 Å². The van der Waals surface area contributed by atoms with Crippen LogP contribution in [-0.2, 0) is 20.7 Å². The summed E-state index contributed by atoms with van der Waals surface area (Å²) >= 11 is 0. The number of amides is 2. The fourth-order valence-electron chi connectivity index (χ4n) is 4.02. The molecule has 0 spiro atoms. The van der Waals surface area contributed by atoms with Gasteiger partial charge in [0, 0.05) is 33.3 Å². The van der Waals surface area contributed by atoms with Crippen LogP contribution in [0.4, 0.5) is 0 Å². The number of hydrogen-bond donors (Lipinski definition) is 0. The summed E-state index contributed by atoms with van der Waals surface area (Å²) in [5.74, 6) is -0.297. The lowest BCUT2D eigenvalue weighted by Gasteiger charge is -2.23. The Labute approximate surface area is 178 Å². The molecule has 0 saturated carbocycles. The van der Waals surface area contributed by atoms with Gasteiger partial charge in [0.2, 0.25) is 11.8 Å². The Bertz CT molecular complexity index is 909. The molecule has 5 nitrogen and oxygen atoms in total. The van der Waals surface area contributed by atoms with Gasteiger partial charge in [0.1, 0.15) is 6.61 Å². The van der Waals surface area contributed by atoms with Crippen LogP contribution in [0.3, 0.4) is 0 Å². The number of aryl methyl sites for hydroxylation is 1. The second-order valence-corrected chi connectivity index (χ2v) is 7.76. The molecular weight excluding hydrogens is 376 g/mol. The largest absolute Gasteiger partial charge is 0.375 e. The maximum atomic E-state index is 13.2. The molecule has 1 aliphatic heterocycles. The number of nitrogens with zero attached hydrogens (tertiary/aromatic N) is 2. The summed E-state index contributed by atoms with van der Waals surface area (Å²) in [6.07, 6.45) is 2.32. The number of ether oxygens (including phenoxy) is 1. The molecule has 0 aromatic heterocycles. The molecule has 2 amide bonds. The number of rotatable bonds is 7. The van der Waals surface area contributed by atoms with Crippen molar-refractivity contribution in [1.29, 1.82) is 0 Å². The predicted octanol–water partition coefficient (Wildman–Crippen LogP) is 3.32. The lowest BCUT2D eigenvalue weighted by atomic mass is 9.93. The summed E-state index contributed by atoms with van der Waals surface area (Å²) in [5, 5.41) is 0. The number of carbonyl (C=O) groups excluding carboxylic acids is 2. The normalized spacial score (nSPS) is 17.0. The summed E-state index contributed by atoms with van der Waals surface area (Å²) in [6, 6.07) is 16.6. The summed E-state index contributed by atoms with van der Waals surface area (Å²) < 4.78 is 5.02. The molecule has 5 heteroatoms. The quantitative estimate of drug-likeness (QED) is 0.663. The number of benzene rings is 2. The Hall–Kier alpha value is -2.92. The first kappa shape index (κ1) is 21.8. The minimum Gasteiger partial charge on any atom is -0.375 e. The van der Waals surface area contributed by atoms with E-state index in [0.717, 1.165) is 11.1 Å². The Balaban J connectivity index is 1.85. The summed E-state index contributed by atoms with van der Waals surface area (Å²) in [4.78, 5) is 29.2. The first-order valence-electron chi connectivity index (χ1n) is 10.3. The van der Waals surface area contributed by atoms with Gasteiger partial charge >= 0.3 is 0 Å².